The first-order valence-electron chi connectivity index (χ1n) is 41.5. The third-order valence-corrected chi connectivity index (χ3v) is 19.2. The van der Waals surface area contributed by atoms with Crippen molar-refractivity contribution in [1.82, 2.24) is 0 Å². The molecule has 0 aliphatic rings. The molecule has 0 bridgehead atoms. The molecule has 604 valence electrons. The average Bonchev–Trinajstić information content (AvgIpc) is 0.942. The lowest BCUT2D eigenvalue weighted by Gasteiger charge is -2.21. The number of allylic oxidation sites excluding steroid dienone is 22. The Morgan fingerprint density at radius 2 is 0.505 bits per heavy atom. The number of hydrogen-bond donors (Lipinski definition) is 4. The maximum absolute atomic E-state index is 13.0. The van der Waals surface area contributed by atoms with Crippen LogP contribution in [0.2, 0.25) is 0 Å². The molecule has 0 radical (unpaired) electrons. The van der Waals surface area contributed by atoms with E-state index in [1.165, 1.54) is 141 Å². The molecule has 0 aromatic heterocycles. The van der Waals surface area contributed by atoms with Crippen LogP contribution in [-0.4, -0.2) is 95.9 Å². The second-order valence-corrected chi connectivity index (χ2v) is 30.4. The monoisotopic (exact) mass is 1510 g/mol. The van der Waals surface area contributed by atoms with Gasteiger partial charge in [-0.3, -0.25) is 32.5 Å². The predicted octanol–water partition coefficient (Wildman–Crippen LogP) is 24.7. The van der Waals surface area contributed by atoms with Gasteiger partial charge >= 0.3 is 33.6 Å². The molecular formula is C87H150O16P2. The van der Waals surface area contributed by atoms with Gasteiger partial charge < -0.3 is 34.2 Å². The third kappa shape index (κ3) is 80.5. The zero-order valence-corrected chi connectivity index (χ0v) is 67.9. The number of unbranched alkanes of at least 4 members (excludes halogenated alkanes) is 33. The molecule has 5 atom stereocenters. The van der Waals surface area contributed by atoms with Crippen molar-refractivity contribution in [2.45, 2.75) is 360 Å². The maximum atomic E-state index is 13.0. The lowest BCUT2D eigenvalue weighted by atomic mass is 10.0. The summed E-state index contributed by atoms with van der Waals surface area (Å²) < 4.78 is 61.1. The highest BCUT2D eigenvalue weighted by molar-refractivity contribution is 7.47. The minimum Gasteiger partial charge on any atom is -0.463 e. The van der Waals surface area contributed by atoms with E-state index in [0.717, 1.165) is 141 Å². The number of hydrogen-bond acceptors (Lipinski definition) is 14. The Bertz CT molecular complexity index is 2440. The van der Waals surface area contributed by atoms with Crippen molar-refractivity contribution in [3.8, 4) is 0 Å². The van der Waals surface area contributed by atoms with Crippen molar-refractivity contribution in [2.75, 3.05) is 39.6 Å². The Hall–Kier alpha value is -4.31. The van der Waals surface area contributed by atoms with Crippen LogP contribution in [0, 0.1) is 0 Å². The summed E-state index contributed by atoms with van der Waals surface area (Å²) in [6.07, 6.45) is 96.7. The van der Waals surface area contributed by atoms with Gasteiger partial charge in [0, 0.05) is 19.3 Å². The van der Waals surface area contributed by atoms with Crippen LogP contribution in [-0.2, 0) is 55.8 Å². The molecule has 0 rings (SSSR count). The van der Waals surface area contributed by atoms with Gasteiger partial charge in [-0.05, 0) is 135 Å². The molecule has 0 amide bonds. The molecule has 0 heterocycles. The van der Waals surface area contributed by atoms with Crippen LogP contribution in [0.5, 0.6) is 0 Å². The fraction of sp³-hybridized carbons (Fsp3) is 0.713. The predicted molar refractivity (Wildman–Crippen MR) is 436 cm³/mol. The van der Waals surface area contributed by atoms with Crippen LogP contribution in [0.25, 0.3) is 0 Å². The van der Waals surface area contributed by atoms with Crippen molar-refractivity contribution >= 4 is 33.6 Å². The first-order valence-corrected chi connectivity index (χ1v) is 44.5. The van der Waals surface area contributed by atoms with Gasteiger partial charge in [-0.15, -0.1) is 0 Å². The van der Waals surface area contributed by atoms with E-state index in [9.17, 15) is 43.5 Å². The van der Waals surface area contributed by atoms with E-state index >= 15 is 0 Å². The molecule has 16 nitrogen and oxygen atoms in total. The largest absolute Gasteiger partial charge is 0.472 e. The van der Waals surface area contributed by atoms with E-state index in [0.29, 0.717) is 19.3 Å². The number of carbonyl (C=O) groups is 3. The lowest BCUT2D eigenvalue weighted by molar-refractivity contribution is -0.161. The zero-order chi connectivity index (χ0) is 76.6. The Morgan fingerprint density at radius 1 is 0.276 bits per heavy atom. The summed E-state index contributed by atoms with van der Waals surface area (Å²) in [6.45, 7) is 2.42. The number of esters is 3. The Labute approximate surface area is 639 Å². The third-order valence-electron chi connectivity index (χ3n) is 17.3. The molecule has 4 N–H and O–H groups in total. The van der Waals surface area contributed by atoms with E-state index in [-0.39, 0.29) is 19.3 Å². The summed E-state index contributed by atoms with van der Waals surface area (Å²) >= 11 is 0. The minimum absolute atomic E-state index is 0.0857. The highest BCUT2D eigenvalue weighted by Gasteiger charge is 2.29. The Kier molecular flexibility index (Phi) is 76.0. The van der Waals surface area contributed by atoms with Gasteiger partial charge in [-0.25, -0.2) is 9.13 Å². The van der Waals surface area contributed by atoms with Crippen LogP contribution < -0.4 is 0 Å². The van der Waals surface area contributed by atoms with Crippen molar-refractivity contribution in [2.24, 2.45) is 0 Å². The number of rotatable bonds is 78. The number of aliphatic hydroxyl groups excluding tert-OH is 2. The lowest BCUT2D eigenvalue weighted by Crippen LogP contribution is -2.30. The van der Waals surface area contributed by atoms with Crippen molar-refractivity contribution in [1.29, 1.82) is 0 Å². The standard InChI is InChI=1S/C87H150O16P2/c1-4-7-10-13-16-19-22-25-28-30-32-33-34-35-36-37-38-39-40-41-42-43-44-45-46-47-49-51-53-55-58-61-64-67-70-73-85(90)97-76-82(88)77-99-104(93,94)100-78-83(89)79-101-105(95,96)102-81-84(103-87(92)75-72-69-66-63-60-57-52-27-24-21-18-15-12-9-6-3)80-98-86(91)74-71-68-65-62-59-56-54-50-48-31-29-26-23-20-17-14-11-8-5-2/h7-8,10-11,16-17,19-20,25-29,32-33,35-36,48,50,52,56,59,82-84,88-89H,4-6,9,12-15,18,21-24,30-31,34,37-47,49,51,53-55,57-58,60-81H2,1-3H3,(H,93,94)(H,95,96)/b10-7-,11-8-,19-16-,20-17-,28-25-,29-26-,33-32-,36-35-,50-48-,52-27-,59-56-. The number of phosphoric ester groups is 2. The van der Waals surface area contributed by atoms with Gasteiger partial charge in [-0.1, -0.05) is 321 Å². The van der Waals surface area contributed by atoms with Crippen molar-refractivity contribution in [3.63, 3.8) is 0 Å². The Morgan fingerprint density at radius 3 is 0.819 bits per heavy atom. The topological polar surface area (TPSA) is 231 Å². The summed E-state index contributed by atoms with van der Waals surface area (Å²) in [6, 6.07) is 0. The van der Waals surface area contributed by atoms with Crippen molar-refractivity contribution in [3.05, 3.63) is 134 Å². The number of carbonyl (C=O) groups excluding carboxylic acids is 3. The molecule has 105 heavy (non-hydrogen) atoms. The summed E-state index contributed by atoms with van der Waals surface area (Å²) in [5.74, 6) is -1.62. The highest BCUT2D eigenvalue weighted by atomic mass is 31.2. The normalized spacial score (nSPS) is 14.6. The first-order chi connectivity index (χ1) is 51.2. The van der Waals surface area contributed by atoms with Gasteiger partial charge in [0.2, 0.25) is 0 Å². The van der Waals surface area contributed by atoms with Gasteiger partial charge in [0.15, 0.2) is 6.10 Å². The van der Waals surface area contributed by atoms with E-state index in [2.05, 4.69) is 154 Å². The molecule has 0 saturated carbocycles. The second kappa shape index (κ2) is 79.2. The van der Waals surface area contributed by atoms with Crippen LogP contribution in [0.15, 0.2) is 134 Å². The van der Waals surface area contributed by atoms with E-state index in [1.54, 1.807) is 0 Å². The van der Waals surface area contributed by atoms with E-state index in [4.69, 9.17) is 32.3 Å². The summed E-state index contributed by atoms with van der Waals surface area (Å²) in [5, 5.41) is 20.7. The SMILES string of the molecule is CC/C=C\C/C=C\C/C=C\C/C=C\C/C=C\CCCCCCCCCCCCCCCCCCCCCC(=O)OCC(O)COP(=O)(O)OCC(O)COP(=O)(O)OCC(COC(=O)CCCCC/C=C\C/C=C\C/C=C\C/C=C\C/C=C\CC)OC(=O)CCCCCCC/C=C\CCCCCCCC. The highest BCUT2D eigenvalue weighted by Crippen LogP contribution is 2.45. The zero-order valence-electron chi connectivity index (χ0n) is 66.1. The summed E-state index contributed by atoms with van der Waals surface area (Å²) in [4.78, 5) is 58.6. The first kappa shape index (κ1) is 101. The summed E-state index contributed by atoms with van der Waals surface area (Å²) in [5.41, 5.74) is 0. The van der Waals surface area contributed by atoms with Gasteiger partial charge in [0.25, 0.3) is 0 Å². The smallest absolute Gasteiger partial charge is 0.463 e. The molecule has 0 fully saturated rings. The van der Waals surface area contributed by atoms with E-state index < -0.39 is 91.5 Å². The minimum atomic E-state index is -4.94. The fourth-order valence-corrected chi connectivity index (χ4v) is 12.7. The van der Waals surface area contributed by atoms with Gasteiger partial charge in [0.05, 0.1) is 26.4 Å². The molecule has 0 aromatic rings. The molecular weight excluding hydrogens is 1360 g/mol. The summed E-state index contributed by atoms with van der Waals surface area (Å²) in [7, 11) is -9.80. The molecule has 0 aliphatic carbocycles. The maximum Gasteiger partial charge on any atom is 0.472 e. The van der Waals surface area contributed by atoms with Gasteiger partial charge in [0.1, 0.15) is 25.4 Å². The second-order valence-electron chi connectivity index (χ2n) is 27.5. The number of ether oxygens (including phenoxy) is 3. The van der Waals surface area contributed by atoms with Crippen LogP contribution in [0.1, 0.15) is 342 Å². The quantitative estimate of drug-likeness (QED) is 0.0146. The number of aliphatic hydroxyl groups is 2. The van der Waals surface area contributed by atoms with Crippen LogP contribution >= 0.6 is 15.6 Å². The van der Waals surface area contributed by atoms with Crippen molar-refractivity contribution < 1.29 is 75.8 Å². The van der Waals surface area contributed by atoms with Gasteiger partial charge in [-0.2, -0.15) is 0 Å². The molecule has 5 unspecified atom stereocenters. The molecule has 0 saturated heterocycles. The van der Waals surface area contributed by atoms with Crippen LogP contribution in [0.4, 0.5) is 0 Å². The van der Waals surface area contributed by atoms with Crippen LogP contribution in [0.3, 0.4) is 0 Å². The molecule has 0 aromatic carbocycles. The Balaban J connectivity index is 4.42. The fourth-order valence-electron chi connectivity index (χ4n) is 11.1. The number of phosphoric acid groups is 2. The average molecular weight is 1510 g/mol. The molecule has 0 spiro atoms. The molecule has 0 aliphatic heterocycles. The molecule has 18 heteroatoms. The van der Waals surface area contributed by atoms with E-state index in [1.807, 2.05) is 0 Å².